The maximum Gasteiger partial charge on any atom is 0.276 e. The molecule has 0 unspecified atom stereocenters. The van der Waals surface area contributed by atoms with Gasteiger partial charge in [-0.2, -0.15) is 0 Å². The van der Waals surface area contributed by atoms with Crippen molar-refractivity contribution in [2.45, 2.75) is 46.6 Å². The number of pyridine rings is 3. The number of carbonyl (C=O) groups is 1. The van der Waals surface area contributed by atoms with E-state index in [0.717, 1.165) is 41.8 Å². The van der Waals surface area contributed by atoms with E-state index in [1.807, 2.05) is 41.4 Å². The third kappa shape index (κ3) is 4.00. The standard InChI is InChI=1S/C30H32N6O2/c1-5-21-22(20-14-23(28(37)34(4)18-20)33-26-8-6-7-10-31-26)9-11-32-27(21)36-13-12-35-24(29(36)38)15-19-16-30(2,3)17-25(19)35/h6-11,14-15,18H,5,12-13,16-17H2,1-4H3,(H,31,33). The van der Waals surface area contributed by atoms with E-state index >= 15 is 0 Å². The first-order chi connectivity index (χ1) is 18.3. The molecule has 0 fully saturated rings. The molecule has 5 heterocycles. The monoisotopic (exact) mass is 508 g/mol. The van der Waals surface area contributed by atoms with Crippen molar-refractivity contribution in [3.05, 3.63) is 87.9 Å². The van der Waals surface area contributed by atoms with Gasteiger partial charge in [-0.15, -0.1) is 0 Å². The second-order valence-electron chi connectivity index (χ2n) is 11.0. The minimum Gasteiger partial charge on any atom is -0.339 e. The van der Waals surface area contributed by atoms with Crippen LogP contribution in [-0.4, -0.2) is 31.6 Å². The van der Waals surface area contributed by atoms with Gasteiger partial charge in [0.25, 0.3) is 11.5 Å². The number of anilines is 3. The molecule has 0 spiro atoms. The van der Waals surface area contributed by atoms with Crippen molar-refractivity contribution in [2.75, 3.05) is 16.8 Å². The number of amides is 1. The molecule has 0 saturated heterocycles. The SMILES string of the molecule is CCc1c(-c2cc(Nc3ccccn3)c(=O)n(C)c2)ccnc1N1CCn2c(cc3c2CC(C)(C)C3)C1=O. The Hall–Kier alpha value is -4.20. The highest BCUT2D eigenvalue weighted by Gasteiger charge is 2.37. The number of carbonyl (C=O) groups excluding carboxylic acids is 1. The van der Waals surface area contributed by atoms with E-state index in [2.05, 4.69) is 41.7 Å². The largest absolute Gasteiger partial charge is 0.339 e. The minimum absolute atomic E-state index is 0.000718. The summed E-state index contributed by atoms with van der Waals surface area (Å²) in [4.78, 5) is 37.5. The molecule has 194 valence electrons. The van der Waals surface area contributed by atoms with Gasteiger partial charge in [-0.05, 0) is 66.1 Å². The summed E-state index contributed by atoms with van der Waals surface area (Å²) in [6, 6.07) is 11.4. The Morgan fingerprint density at radius 2 is 1.87 bits per heavy atom. The Morgan fingerprint density at radius 3 is 2.63 bits per heavy atom. The van der Waals surface area contributed by atoms with Crippen LogP contribution in [-0.2, 0) is 32.9 Å². The van der Waals surface area contributed by atoms with Crippen molar-refractivity contribution in [3.8, 4) is 11.1 Å². The van der Waals surface area contributed by atoms with E-state index in [4.69, 9.17) is 4.98 Å². The summed E-state index contributed by atoms with van der Waals surface area (Å²) in [7, 11) is 1.74. The predicted molar refractivity (Wildman–Crippen MR) is 149 cm³/mol. The average molecular weight is 509 g/mol. The first-order valence-corrected chi connectivity index (χ1v) is 13.2. The first kappa shape index (κ1) is 24.2. The summed E-state index contributed by atoms with van der Waals surface area (Å²) in [5.41, 5.74) is 6.73. The van der Waals surface area contributed by atoms with E-state index in [9.17, 15) is 9.59 Å². The van der Waals surface area contributed by atoms with Crippen LogP contribution in [0.4, 0.5) is 17.3 Å². The first-order valence-electron chi connectivity index (χ1n) is 13.2. The number of aromatic nitrogens is 4. The van der Waals surface area contributed by atoms with Gasteiger partial charge >= 0.3 is 0 Å². The number of hydrogen-bond donors (Lipinski definition) is 1. The van der Waals surface area contributed by atoms with Crippen molar-refractivity contribution in [3.63, 3.8) is 0 Å². The van der Waals surface area contributed by atoms with Crippen LogP contribution in [0.1, 0.15) is 48.1 Å². The number of fused-ring (bicyclic) bond motifs is 3. The topological polar surface area (TPSA) is 85.1 Å². The predicted octanol–water partition coefficient (Wildman–Crippen LogP) is 4.74. The summed E-state index contributed by atoms with van der Waals surface area (Å²) in [6.07, 6.45) is 7.97. The smallest absolute Gasteiger partial charge is 0.276 e. The molecule has 6 rings (SSSR count). The molecule has 2 aliphatic rings. The number of nitrogens with one attached hydrogen (secondary N) is 1. The van der Waals surface area contributed by atoms with Crippen LogP contribution >= 0.6 is 0 Å². The van der Waals surface area contributed by atoms with Crippen molar-refractivity contribution in [1.29, 1.82) is 0 Å². The second-order valence-corrected chi connectivity index (χ2v) is 11.0. The molecule has 1 N–H and O–H groups in total. The summed E-state index contributed by atoms with van der Waals surface area (Å²) in [5, 5.41) is 3.15. The van der Waals surface area contributed by atoms with Gasteiger partial charge in [0.1, 0.15) is 23.0 Å². The zero-order valence-electron chi connectivity index (χ0n) is 22.3. The molecule has 1 aliphatic heterocycles. The molecule has 0 atom stereocenters. The van der Waals surface area contributed by atoms with E-state index in [1.54, 1.807) is 24.0 Å². The van der Waals surface area contributed by atoms with Crippen LogP contribution in [0.3, 0.4) is 0 Å². The van der Waals surface area contributed by atoms with E-state index < -0.39 is 0 Å². The molecule has 38 heavy (non-hydrogen) atoms. The van der Waals surface area contributed by atoms with E-state index in [0.29, 0.717) is 30.3 Å². The highest BCUT2D eigenvalue weighted by molar-refractivity contribution is 6.06. The molecule has 1 aliphatic carbocycles. The van der Waals surface area contributed by atoms with Crippen molar-refractivity contribution >= 4 is 23.2 Å². The Labute approximate surface area is 222 Å². The number of rotatable bonds is 5. The second kappa shape index (κ2) is 8.97. The molecule has 0 saturated carbocycles. The molecular formula is C30H32N6O2. The fourth-order valence-electron chi connectivity index (χ4n) is 5.97. The van der Waals surface area contributed by atoms with Gasteiger partial charge in [0, 0.05) is 55.5 Å². The maximum atomic E-state index is 13.8. The molecule has 4 aromatic heterocycles. The molecule has 1 amide bonds. The Morgan fingerprint density at radius 1 is 1.03 bits per heavy atom. The van der Waals surface area contributed by atoms with Gasteiger partial charge in [-0.3, -0.25) is 14.5 Å². The van der Waals surface area contributed by atoms with E-state index in [1.165, 1.54) is 11.3 Å². The fraction of sp³-hybridized carbons (Fsp3) is 0.333. The van der Waals surface area contributed by atoms with Crippen molar-refractivity contribution in [2.24, 2.45) is 12.5 Å². The van der Waals surface area contributed by atoms with Crippen LogP contribution in [0.2, 0.25) is 0 Å². The van der Waals surface area contributed by atoms with Gasteiger partial charge < -0.3 is 14.5 Å². The van der Waals surface area contributed by atoms with Crippen LogP contribution in [0.25, 0.3) is 11.1 Å². The lowest BCUT2D eigenvalue weighted by molar-refractivity contribution is 0.0963. The van der Waals surface area contributed by atoms with Gasteiger partial charge in [-0.25, -0.2) is 9.97 Å². The lowest BCUT2D eigenvalue weighted by Crippen LogP contribution is -2.41. The van der Waals surface area contributed by atoms with Crippen molar-refractivity contribution < 1.29 is 4.79 Å². The van der Waals surface area contributed by atoms with Gasteiger partial charge in [0.2, 0.25) is 0 Å². The lowest BCUT2D eigenvalue weighted by atomic mass is 9.90. The zero-order valence-corrected chi connectivity index (χ0v) is 22.3. The highest BCUT2D eigenvalue weighted by atomic mass is 16.2. The minimum atomic E-state index is -0.144. The Bertz CT molecular complexity index is 1620. The van der Waals surface area contributed by atoms with E-state index in [-0.39, 0.29) is 16.9 Å². The molecule has 8 heteroatoms. The van der Waals surface area contributed by atoms with Gasteiger partial charge in [-0.1, -0.05) is 26.8 Å². The molecule has 8 nitrogen and oxygen atoms in total. The Kier molecular flexibility index (Phi) is 5.70. The lowest BCUT2D eigenvalue weighted by Gasteiger charge is -2.31. The van der Waals surface area contributed by atoms with Crippen molar-refractivity contribution in [1.82, 2.24) is 19.1 Å². The normalized spacial score (nSPS) is 15.9. The number of nitrogens with zero attached hydrogens (tertiary/aromatic N) is 5. The molecule has 0 aromatic carbocycles. The van der Waals surface area contributed by atoms with Crippen LogP contribution in [0, 0.1) is 5.41 Å². The molecule has 0 radical (unpaired) electrons. The fourth-order valence-corrected chi connectivity index (χ4v) is 5.97. The summed E-state index contributed by atoms with van der Waals surface area (Å²) in [6.45, 7) is 8.00. The average Bonchev–Trinajstić information content (AvgIpc) is 3.39. The number of aryl methyl sites for hydroxylation is 1. The molecule has 0 bridgehead atoms. The summed E-state index contributed by atoms with van der Waals surface area (Å²) < 4.78 is 3.79. The highest BCUT2D eigenvalue weighted by Crippen LogP contribution is 2.40. The number of hydrogen-bond acceptors (Lipinski definition) is 5. The third-order valence-corrected chi connectivity index (χ3v) is 7.69. The third-order valence-electron chi connectivity index (χ3n) is 7.69. The van der Waals surface area contributed by atoms with Crippen LogP contribution in [0.5, 0.6) is 0 Å². The Balaban J connectivity index is 1.38. The van der Waals surface area contributed by atoms with Crippen LogP contribution in [0.15, 0.2) is 59.8 Å². The zero-order chi connectivity index (χ0) is 26.6. The quantitative estimate of drug-likeness (QED) is 0.421. The summed E-state index contributed by atoms with van der Waals surface area (Å²) in [5.74, 6) is 1.29. The van der Waals surface area contributed by atoms with Gasteiger partial charge in [0.05, 0.1) is 0 Å². The van der Waals surface area contributed by atoms with Crippen LogP contribution < -0.4 is 15.8 Å². The summed E-state index contributed by atoms with van der Waals surface area (Å²) >= 11 is 0. The van der Waals surface area contributed by atoms with Gasteiger partial charge in [0.15, 0.2) is 0 Å². The molecular weight excluding hydrogens is 476 g/mol. The molecule has 4 aromatic rings. The maximum absolute atomic E-state index is 13.8.